The van der Waals surface area contributed by atoms with Crippen LogP contribution in [0.2, 0.25) is 0 Å². The van der Waals surface area contributed by atoms with Gasteiger partial charge < -0.3 is 16.0 Å². The molecule has 3 N–H and O–H groups in total. The number of amides is 1. The first-order chi connectivity index (χ1) is 8.09. The fraction of sp³-hybridized carbons (Fsp3) is 0.333. The molecule has 0 radical (unpaired) electrons. The van der Waals surface area contributed by atoms with E-state index in [0.717, 1.165) is 5.69 Å². The van der Waals surface area contributed by atoms with Crippen LogP contribution >= 0.6 is 0 Å². The molecule has 0 fully saturated rings. The van der Waals surface area contributed by atoms with Gasteiger partial charge in [0.1, 0.15) is 0 Å². The summed E-state index contributed by atoms with van der Waals surface area (Å²) in [6.07, 6.45) is 0.365. The van der Waals surface area contributed by atoms with Crippen molar-refractivity contribution in [3.05, 3.63) is 30.3 Å². The SMILES string of the molecule is CN(C)C(=O)CCN=C(N)Nc1ccccc1. The lowest BCUT2D eigenvalue weighted by Crippen LogP contribution is -2.25. The van der Waals surface area contributed by atoms with Crippen molar-refractivity contribution in [1.29, 1.82) is 0 Å². The van der Waals surface area contributed by atoms with Crippen LogP contribution in [-0.2, 0) is 4.79 Å². The van der Waals surface area contributed by atoms with Crippen molar-refractivity contribution in [3.63, 3.8) is 0 Å². The molecule has 1 rings (SSSR count). The van der Waals surface area contributed by atoms with Crippen LogP contribution in [0.1, 0.15) is 6.42 Å². The van der Waals surface area contributed by atoms with Crippen LogP contribution in [0.15, 0.2) is 35.3 Å². The zero-order valence-corrected chi connectivity index (χ0v) is 10.2. The van der Waals surface area contributed by atoms with E-state index in [9.17, 15) is 4.79 Å². The second kappa shape index (κ2) is 6.52. The number of para-hydroxylation sites is 1. The normalized spacial score (nSPS) is 11.1. The molecule has 17 heavy (non-hydrogen) atoms. The fourth-order valence-corrected chi connectivity index (χ4v) is 1.20. The van der Waals surface area contributed by atoms with Crippen LogP contribution in [0, 0.1) is 0 Å². The van der Waals surface area contributed by atoms with Crippen LogP contribution in [0.4, 0.5) is 5.69 Å². The smallest absolute Gasteiger partial charge is 0.223 e. The summed E-state index contributed by atoms with van der Waals surface area (Å²) in [5.74, 6) is 0.365. The van der Waals surface area contributed by atoms with Crippen molar-refractivity contribution in [3.8, 4) is 0 Å². The van der Waals surface area contributed by atoms with E-state index < -0.39 is 0 Å². The minimum absolute atomic E-state index is 0.0428. The average Bonchev–Trinajstić information content (AvgIpc) is 2.30. The van der Waals surface area contributed by atoms with Gasteiger partial charge in [0.15, 0.2) is 5.96 Å². The third-order valence-electron chi connectivity index (χ3n) is 2.15. The molecule has 1 amide bonds. The van der Waals surface area contributed by atoms with Gasteiger partial charge in [0.25, 0.3) is 0 Å². The van der Waals surface area contributed by atoms with Crippen molar-refractivity contribution in [2.75, 3.05) is 26.0 Å². The van der Waals surface area contributed by atoms with Gasteiger partial charge in [-0.05, 0) is 12.1 Å². The van der Waals surface area contributed by atoms with E-state index in [-0.39, 0.29) is 5.91 Å². The molecule has 0 atom stereocenters. The minimum Gasteiger partial charge on any atom is -0.370 e. The van der Waals surface area contributed by atoms with Gasteiger partial charge in [-0.1, -0.05) is 18.2 Å². The number of guanidine groups is 1. The predicted molar refractivity (Wildman–Crippen MR) is 69.9 cm³/mol. The monoisotopic (exact) mass is 234 g/mol. The zero-order valence-electron chi connectivity index (χ0n) is 10.2. The first-order valence-electron chi connectivity index (χ1n) is 5.41. The van der Waals surface area contributed by atoms with Gasteiger partial charge in [0.05, 0.1) is 6.54 Å². The lowest BCUT2D eigenvalue weighted by Gasteiger charge is -2.09. The molecular formula is C12H18N4O. The number of nitrogens with one attached hydrogen (secondary N) is 1. The Labute approximate surface area is 101 Å². The number of anilines is 1. The quantitative estimate of drug-likeness (QED) is 0.600. The van der Waals surface area contributed by atoms with E-state index in [0.29, 0.717) is 18.9 Å². The maximum absolute atomic E-state index is 11.3. The van der Waals surface area contributed by atoms with Gasteiger partial charge in [0.2, 0.25) is 5.91 Å². The third-order valence-corrected chi connectivity index (χ3v) is 2.15. The van der Waals surface area contributed by atoms with Crippen molar-refractivity contribution in [1.82, 2.24) is 4.90 Å². The van der Waals surface area contributed by atoms with Crippen molar-refractivity contribution < 1.29 is 4.79 Å². The fourth-order valence-electron chi connectivity index (χ4n) is 1.20. The summed E-state index contributed by atoms with van der Waals surface area (Å²) in [7, 11) is 3.44. The summed E-state index contributed by atoms with van der Waals surface area (Å²) in [5, 5.41) is 2.95. The Kier molecular flexibility index (Phi) is 5.00. The molecule has 0 aliphatic carbocycles. The second-order valence-corrected chi connectivity index (χ2v) is 3.80. The highest BCUT2D eigenvalue weighted by Crippen LogP contribution is 2.03. The number of carbonyl (C=O) groups is 1. The summed E-state index contributed by atoms with van der Waals surface area (Å²) < 4.78 is 0. The Bertz CT molecular complexity index is 387. The summed E-state index contributed by atoms with van der Waals surface area (Å²) in [6, 6.07) is 9.53. The van der Waals surface area contributed by atoms with E-state index in [1.54, 1.807) is 14.1 Å². The van der Waals surface area contributed by atoms with E-state index >= 15 is 0 Å². The summed E-state index contributed by atoms with van der Waals surface area (Å²) >= 11 is 0. The lowest BCUT2D eigenvalue weighted by molar-refractivity contribution is -0.128. The maximum atomic E-state index is 11.3. The zero-order chi connectivity index (χ0) is 12.7. The Morgan fingerprint density at radius 3 is 2.59 bits per heavy atom. The summed E-state index contributed by atoms with van der Waals surface area (Å²) in [5.41, 5.74) is 6.56. The molecular weight excluding hydrogens is 216 g/mol. The standard InChI is InChI=1S/C12H18N4O/c1-16(2)11(17)8-9-14-12(13)15-10-6-4-3-5-7-10/h3-7H,8-9H2,1-2H3,(H3,13,14,15). The largest absolute Gasteiger partial charge is 0.370 e. The molecule has 0 unspecified atom stereocenters. The molecule has 5 heteroatoms. The molecule has 0 aliphatic rings. The Morgan fingerprint density at radius 1 is 1.35 bits per heavy atom. The molecule has 0 heterocycles. The van der Waals surface area contributed by atoms with E-state index in [2.05, 4.69) is 10.3 Å². The molecule has 5 nitrogen and oxygen atoms in total. The first-order valence-corrected chi connectivity index (χ1v) is 5.41. The van der Waals surface area contributed by atoms with Crippen LogP contribution in [-0.4, -0.2) is 37.4 Å². The lowest BCUT2D eigenvalue weighted by atomic mass is 10.3. The number of aliphatic imine (C=N–C) groups is 1. The topological polar surface area (TPSA) is 70.7 Å². The molecule has 1 aromatic carbocycles. The van der Waals surface area contributed by atoms with Crippen LogP contribution in [0.5, 0.6) is 0 Å². The molecule has 0 bridgehead atoms. The highest BCUT2D eigenvalue weighted by molar-refractivity contribution is 5.92. The van der Waals surface area contributed by atoms with Crippen molar-refractivity contribution >= 4 is 17.6 Å². The number of hydrogen-bond acceptors (Lipinski definition) is 2. The summed E-state index contributed by atoms with van der Waals surface area (Å²) in [6.45, 7) is 0.392. The number of rotatable bonds is 4. The molecule has 0 saturated carbocycles. The van der Waals surface area contributed by atoms with Crippen molar-refractivity contribution in [2.45, 2.75) is 6.42 Å². The van der Waals surface area contributed by atoms with E-state index in [4.69, 9.17) is 5.73 Å². The summed E-state index contributed by atoms with van der Waals surface area (Å²) in [4.78, 5) is 16.9. The van der Waals surface area contributed by atoms with Crippen LogP contribution < -0.4 is 11.1 Å². The van der Waals surface area contributed by atoms with Gasteiger partial charge in [-0.3, -0.25) is 9.79 Å². The average molecular weight is 234 g/mol. The highest BCUT2D eigenvalue weighted by Gasteiger charge is 2.02. The second-order valence-electron chi connectivity index (χ2n) is 3.80. The third kappa shape index (κ3) is 5.01. The van der Waals surface area contributed by atoms with Gasteiger partial charge in [-0.2, -0.15) is 0 Å². The number of carbonyl (C=O) groups excluding carboxylic acids is 1. The predicted octanol–water partition coefficient (Wildman–Crippen LogP) is 0.891. The molecule has 92 valence electrons. The minimum atomic E-state index is 0.0428. The molecule has 0 aliphatic heterocycles. The molecule has 0 saturated heterocycles. The number of nitrogens with zero attached hydrogens (tertiary/aromatic N) is 2. The van der Waals surface area contributed by atoms with Crippen molar-refractivity contribution in [2.24, 2.45) is 10.7 Å². The molecule has 1 aromatic rings. The van der Waals surface area contributed by atoms with Crippen LogP contribution in [0.3, 0.4) is 0 Å². The molecule has 0 aromatic heterocycles. The van der Waals surface area contributed by atoms with Gasteiger partial charge >= 0.3 is 0 Å². The van der Waals surface area contributed by atoms with Crippen LogP contribution in [0.25, 0.3) is 0 Å². The Hall–Kier alpha value is -2.04. The first kappa shape index (κ1) is 13.0. The van der Waals surface area contributed by atoms with E-state index in [1.165, 1.54) is 4.90 Å². The maximum Gasteiger partial charge on any atom is 0.223 e. The van der Waals surface area contributed by atoms with Gasteiger partial charge in [-0.25, -0.2) is 0 Å². The number of nitrogens with two attached hydrogens (primary N) is 1. The Balaban J connectivity index is 2.38. The van der Waals surface area contributed by atoms with E-state index in [1.807, 2.05) is 30.3 Å². The Morgan fingerprint density at radius 2 is 2.00 bits per heavy atom. The van der Waals surface area contributed by atoms with Gasteiger partial charge in [0, 0.05) is 26.2 Å². The van der Waals surface area contributed by atoms with Gasteiger partial charge in [-0.15, -0.1) is 0 Å². The molecule has 0 spiro atoms. The highest BCUT2D eigenvalue weighted by atomic mass is 16.2. The number of hydrogen-bond donors (Lipinski definition) is 2. The number of benzene rings is 1.